The molecule has 0 radical (unpaired) electrons. The molecule has 1 nitrogen and oxygen atoms in total. The molecule has 0 aliphatic heterocycles. The van der Waals surface area contributed by atoms with E-state index in [4.69, 9.17) is 0 Å². The molecule has 0 spiro atoms. The minimum Gasteiger partial charge on any atom is -0.384 e. The SMILES string of the molecule is OC(c1ccc(C2CCC2)cc1)c1ccsc1. The molecule has 1 N–H and O–H groups in total. The second-order valence-corrected chi connectivity index (χ2v) is 5.53. The summed E-state index contributed by atoms with van der Waals surface area (Å²) >= 11 is 1.62. The van der Waals surface area contributed by atoms with Gasteiger partial charge in [-0.2, -0.15) is 11.3 Å². The summed E-state index contributed by atoms with van der Waals surface area (Å²) < 4.78 is 0. The second-order valence-electron chi connectivity index (χ2n) is 4.75. The Balaban J connectivity index is 1.79. The molecule has 88 valence electrons. The van der Waals surface area contributed by atoms with Crippen LogP contribution in [0.1, 0.15) is 48.0 Å². The van der Waals surface area contributed by atoms with Gasteiger partial charge in [0.05, 0.1) is 0 Å². The maximum Gasteiger partial charge on any atom is 0.105 e. The molecule has 0 bridgehead atoms. The van der Waals surface area contributed by atoms with Gasteiger partial charge in [-0.1, -0.05) is 30.7 Å². The van der Waals surface area contributed by atoms with Gasteiger partial charge in [-0.05, 0) is 52.3 Å². The quantitative estimate of drug-likeness (QED) is 0.862. The third-order valence-corrected chi connectivity index (χ3v) is 4.39. The summed E-state index contributed by atoms with van der Waals surface area (Å²) in [6, 6.07) is 10.5. The maximum atomic E-state index is 10.2. The van der Waals surface area contributed by atoms with Gasteiger partial charge in [0.25, 0.3) is 0 Å². The average molecular weight is 244 g/mol. The molecule has 1 aliphatic rings. The van der Waals surface area contributed by atoms with Gasteiger partial charge in [0.2, 0.25) is 0 Å². The number of thiophene rings is 1. The van der Waals surface area contributed by atoms with E-state index >= 15 is 0 Å². The summed E-state index contributed by atoms with van der Waals surface area (Å²) in [5, 5.41) is 14.2. The van der Waals surface area contributed by atoms with Gasteiger partial charge in [0.15, 0.2) is 0 Å². The van der Waals surface area contributed by atoms with E-state index in [1.165, 1.54) is 24.8 Å². The monoisotopic (exact) mass is 244 g/mol. The highest BCUT2D eigenvalue weighted by molar-refractivity contribution is 7.07. The number of hydrogen-bond acceptors (Lipinski definition) is 2. The predicted octanol–water partition coefficient (Wildman–Crippen LogP) is 4.10. The minimum absolute atomic E-state index is 0.475. The lowest BCUT2D eigenvalue weighted by Crippen LogP contribution is -2.08. The van der Waals surface area contributed by atoms with Crippen LogP contribution >= 0.6 is 11.3 Å². The fourth-order valence-electron chi connectivity index (χ4n) is 2.32. The van der Waals surface area contributed by atoms with Crippen molar-refractivity contribution in [3.8, 4) is 0 Å². The van der Waals surface area contributed by atoms with Gasteiger partial charge >= 0.3 is 0 Å². The van der Waals surface area contributed by atoms with E-state index < -0.39 is 6.10 Å². The topological polar surface area (TPSA) is 20.2 Å². The molecule has 1 aliphatic carbocycles. The van der Waals surface area contributed by atoms with Gasteiger partial charge in [-0.3, -0.25) is 0 Å². The molecular weight excluding hydrogens is 228 g/mol. The highest BCUT2D eigenvalue weighted by atomic mass is 32.1. The van der Waals surface area contributed by atoms with E-state index in [0.29, 0.717) is 0 Å². The number of aliphatic hydroxyl groups excluding tert-OH is 1. The van der Waals surface area contributed by atoms with Crippen molar-refractivity contribution in [1.82, 2.24) is 0 Å². The molecule has 1 unspecified atom stereocenters. The predicted molar refractivity (Wildman–Crippen MR) is 71.4 cm³/mol. The molecular formula is C15H16OS. The van der Waals surface area contributed by atoms with Crippen molar-refractivity contribution in [2.45, 2.75) is 31.3 Å². The number of rotatable bonds is 3. The normalized spacial score (nSPS) is 17.7. The van der Waals surface area contributed by atoms with Crippen molar-refractivity contribution < 1.29 is 5.11 Å². The number of aliphatic hydroxyl groups is 1. The Morgan fingerprint density at radius 2 is 1.82 bits per heavy atom. The molecule has 2 aromatic rings. The maximum absolute atomic E-state index is 10.2. The fraction of sp³-hybridized carbons (Fsp3) is 0.333. The smallest absolute Gasteiger partial charge is 0.105 e. The summed E-state index contributed by atoms with van der Waals surface area (Å²) in [4.78, 5) is 0. The van der Waals surface area contributed by atoms with Crippen molar-refractivity contribution in [3.63, 3.8) is 0 Å². The van der Waals surface area contributed by atoms with Crippen LogP contribution in [0.4, 0.5) is 0 Å². The molecule has 3 rings (SSSR count). The minimum atomic E-state index is -0.475. The van der Waals surface area contributed by atoms with Gasteiger partial charge in [0, 0.05) is 0 Å². The van der Waals surface area contributed by atoms with Crippen LogP contribution < -0.4 is 0 Å². The first kappa shape index (κ1) is 11.0. The first-order valence-electron chi connectivity index (χ1n) is 6.14. The van der Waals surface area contributed by atoms with Crippen LogP contribution in [0, 0.1) is 0 Å². The van der Waals surface area contributed by atoms with Crippen LogP contribution in [0.5, 0.6) is 0 Å². The zero-order valence-corrected chi connectivity index (χ0v) is 10.5. The Labute approximate surface area is 106 Å². The summed E-state index contributed by atoms with van der Waals surface area (Å²) in [5.74, 6) is 0.766. The van der Waals surface area contributed by atoms with Crippen molar-refractivity contribution in [2.24, 2.45) is 0 Å². The van der Waals surface area contributed by atoms with Gasteiger partial charge in [-0.15, -0.1) is 0 Å². The molecule has 2 heteroatoms. The van der Waals surface area contributed by atoms with Gasteiger partial charge in [0.1, 0.15) is 6.10 Å². The zero-order valence-electron chi connectivity index (χ0n) is 9.67. The summed E-state index contributed by atoms with van der Waals surface area (Å²) in [6.45, 7) is 0. The van der Waals surface area contributed by atoms with Crippen LogP contribution in [-0.2, 0) is 0 Å². The Morgan fingerprint density at radius 3 is 2.35 bits per heavy atom. The molecule has 17 heavy (non-hydrogen) atoms. The van der Waals surface area contributed by atoms with E-state index in [1.54, 1.807) is 11.3 Å². The van der Waals surface area contributed by atoms with Crippen molar-refractivity contribution in [2.75, 3.05) is 0 Å². The fourth-order valence-corrected chi connectivity index (χ4v) is 2.99. The zero-order chi connectivity index (χ0) is 11.7. The molecule has 0 saturated heterocycles. The third-order valence-electron chi connectivity index (χ3n) is 3.69. The van der Waals surface area contributed by atoms with E-state index in [2.05, 4.69) is 24.3 Å². The van der Waals surface area contributed by atoms with Gasteiger partial charge in [-0.25, -0.2) is 0 Å². The standard InChI is InChI=1S/C15H16OS/c16-15(14-8-9-17-10-14)13-6-4-12(5-7-13)11-2-1-3-11/h4-11,15-16H,1-3H2. The van der Waals surface area contributed by atoms with Gasteiger partial charge < -0.3 is 5.11 Å². The van der Waals surface area contributed by atoms with Crippen LogP contribution in [0.15, 0.2) is 41.1 Å². The second kappa shape index (κ2) is 4.63. The van der Waals surface area contributed by atoms with Crippen LogP contribution in [-0.4, -0.2) is 5.11 Å². The molecule has 1 aromatic heterocycles. The highest BCUT2D eigenvalue weighted by Crippen LogP contribution is 2.36. The summed E-state index contributed by atoms with van der Waals surface area (Å²) in [6.07, 6.45) is 3.54. The Hall–Kier alpha value is -1.12. The molecule has 1 aromatic carbocycles. The Kier molecular flexibility index (Phi) is 3.00. The van der Waals surface area contributed by atoms with E-state index in [-0.39, 0.29) is 0 Å². The van der Waals surface area contributed by atoms with Crippen LogP contribution in [0.25, 0.3) is 0 Å². The molecule has 1 fully saturated rings. The summed E-state index contributed by atoms with van der Waals surface area (Å²) in [7, 11) is 0. The lowest BCUT2D eigenvalue weighted by Gasteiger charge is -2.26. The summed E-state index contributed by atoms with van der Waals surface area (Å²) in [5.41, 5.74) is 3.41. The number of benzene rings is 1. The van der Waals surface area contributed by atoms with Crippen molar-refractivity contribution >= 4 is 11.3 Å². The molecule has 1 atom stereocenters. The van der Waals surface area contributed by atoms with E-state index in [1.807, 2.05) is 16.8 Å². The molecule has 0 amide bonds. The largest absolute Gasteiger partial charge is 0.384 e. The molecule has 1 heterocycles. The highest BCUT2D eigenvalue weighted by Gasteiger charge is 2.19. The van der Waals surface area contributed by atoms with Crippen molar-refractivity contribution in [3.05, 3.63) is 57.8 Å². The van der Waals surface area contributed by atoms with Crippen LogP contribution in [0.2, 0.25) is 0 Å². The average Bonchev–Trinajstić information content (AvgIpc) is 2.80. The first-order valence-corrected chi connectivity index (χ1v) is 7.09. The number of hydrogen-bond donors (Lipinski definition) is 1. The lowest BCUT2D eigenvalue weighted by atomic mass is 9.80. The van der Waals surface area contributed by atoms with Crippen molar-refractivity contribution in [1.29, 1.82) is 0 Å². The lowest BCUT2D eigenvalue weighted by molar-refractivity contribution is 0.221. The van der Waals surface area contributed by atoms with Crippen LogP contribution in [0.3, 0.4) is 0 Å². The Morgan fingerprint density at radius 1 is 1.06 bits per heavy atom. The van der Waals surface area contributed by atoms with E-state index in [0.717, 1.165) is 17.0 Å². The Bertz CT molecular complexity index is 468. The molecule has 1 saturated carbocycles. The first-order chi connectivity index (χ1) is 8.34. The third kappa shape index (κ3) is 2.15. The van der Waals surface area contributed by atoms with E-state index in [9.17, 15) is 5.11 Å².